The van der Waals surface area contributed by atoms with Gasteiger partial charge in [-0.1, -0.05) is 18.2 Å². The van der Waals surface area contributed by atoms with Crippen LogP contribution in [-0.4, -0.2) is 45.8 Å². The van der Waals surface area contributed by atoms with Gasteiger partial charge in [-0.2, -0.15) is 5.10 Å². The SMILES string of the molecule is O=C(C(c1ccc(-c2ccc(F)c(F)c2)cc1F)n1cccn1)N(Cc1ccncc1)C1C=CS(=O)(=O)C1. The van der Waals surface area contributed by atoms with Crippen LogP contribution in [0.4, 0.5) is 13.2 Å². The molecular weight excluding hydrogens is 517 g/mol. The van der Waals surface area contributed by atoms with Gasteiger partial charge in [-0.05, 0) is 59.2 Å². The first kappa shape index (κ1) is 25.4. The van der Waals surface area contributed by atoms with Gasteiger partial charge in [0.25, 0.3) is 5.91 Å². The van der Waals surface area contributed by atoms with Crippen molar-refractivity contribution in [2.45, 2.75) is 18.6 Å². The molecule has 0 bridgehead atoms. The zero-order valence-electron chi connectivity index (χ0n) is 19.8. The Morgan fingerprint density at radius 3 is 2.29 bits per heavy atom. The van der Waals surface area contributed by atoms with E-state index in [1.54, 1.807) is 30.6 Å². The Balaban J connectivity index is 1.55. The van der Waals surface area contributed by atoms with Crippen molar-refractivity contribution in [2.75, 3.05) is 5.75 Å². The van der Waals surface area contributed by atoms with E-state index in [-0.39, 0.29) is 29.0 Å². The van der Waals surface area contributed by atoms with Gasteiger partial charge >= 0.3 is 0 Å². The second-order valence-electron chi connectivity index (χ2n) is 8.80. The van der Waals surface area contributed by atoms with Gasteiger partial charge in [0.05, 0.1) is 11.8 Å². The number of sulfone groups is 1. The summed E-state index contributed by atoms with van der Waals surface area (Å²) < 4.78 is 68.4. The number of nitrogens with zero attached hydrogens (tertiary/aromatic N) is 4. The molecule has 1 aliphatic heterocycles. The summed E-state index contributed by atoms with van der Waals surface area (Å²) in [5.74, 6) is -3.72. The Bertz CT molecular complexity index is 1610. The van der Waals surface area contributed by atoms with Gasteiger partial charge in [-0.25, -0.2) is 21.6 Å². The number of carbonyl (C=O) groups excluding carboxylic acids is 1. The molecule has 38 heavy (non-hydrogen) atoms. The Labute approximate surface area is 216 Å². The highest BCUT2D eigenvalue weighted by Crippen LogP contribution is 2.30. The van der Waals surface area contributed by atoms with E-state index in [2.05, 4.69) is 10.1 Å². The van der Waals surface area contributed by atoms with Crippen LogP contribution in [0.2, 0.25) is 0 Å². The lowest BCUT2D eigenvalue weighted by Gasteiger charge is -2.32. The first-order valence-corrected chi connectivity index (χ1v) is 13.3. The molecule has 1 aliphatic rings. The van der Waals surface area contributed by atoms with Gasteiger partial charge in [0.15, 0.2) is 27.5 Å². The predicted molar refractivity (Wildman–Crippen MR) is 134 cm³/mol. The fourth-order valence-electron chi connectivity index (χ4n) is 4.38. The van der Waals surface area contributed by atoms with E-state index in [1.165, 1.54) is 46.3 Å². The van der Waals surface area contributed by atoms with Crippen molar-refractivity contribution >= 4 is 15.7 Å². The third kappa shape index (κ3) is 5.23. The van der Waals surface area contributed by atoms with E-state index in [0.717, 1.165) is 23.6 Å². The first-order chi connectivity index (χ1) is 18.2. The van der Waals surface area contributed by atoms with E-state index in [9.17, 15) is 22.0 Å². The molecule has 194 valence electrons. The summed E-state index contributed by atoms with van der Waals surface area (Å²) in [7, 11) is -3.50. The molecule has 0 N–H and O–H groups in total. The van der Waals surface area contributed by atoms with Crippen molar-refractivity contribution in [1.82, 2.24) is 19.7 Å². The fraction of sp³-hybridized carbons (Fsp3) is 0.148. The third-order valence-corrected chi connectivity index (χ3v) is 7.65. The minimum atomic E-state index is -3.50. The number of hydrogen-bond donors (Lipinski definition) is 0. The van der Waals surface area contributed by atoms with Crippen LogP contribution < -0.4 is 0 Å². The Morgan fingerprint density at radius 2 is 1.68 bits per heavy atom. The largest absolute Gasteiger partial charge is 0.329 e. The maximum Gasteiger partial charge on any atom is 0.252 e. The smallest absolute Gasteiger partial charge is 0.252 e. The minimum absolute atomic E-state index is 0.0189. The third-order valence-electron chi connectivity index (χ3n) is 6.27. The second kappa shape index (κ2) is 10.3. The van der Waals surface area contributed by atoms with Crippen molar-refractivity contribution in [3.05, 3.63) is 119 Å². The molecule has 1 amide bonds. The molecule has 11 heteroatoms. The summed E-state index contributed by atoms with van der Waals surface area (Å²) in [4.78, 5) is 19.5. The van der Waals surface area contributed by atoms with Gasteiger partial charge in [-0.3, -0.25) is 14.5 Å². The van der Waals surface area contributed by atoms with Crippen LogP contribution in [0.5, 0.6) is 0 Å². The monoisotopic (exact) mass is 538 g/mol. The van der Waals surface area contributed by atoms with Crippen molar-refractivity contribution in [3.8, 4) is 11.1 Å². The summed E-state index contributed by atoms with van der Waals surface area (Å²) in [6, 6.07) is 10.2. The maximum absolute atomic E-state index is 15.6. The Hall–Kier alpha value is -4.25. The maximum atomic E-state index is 15.6. The topological polar surface area (TPSA) is 85.2 Å². The molecule has 2 unspecified atom stereocenters. The lowest BCUT2D eigenvalue weighted by atomic mass is 9.98. The number of hydrogen-bond acceptors (Lipinski definition) is 5. The van der Waals surface area contributed by atoms with E-state index in [4.69, 9.17) is 0 Å². The second-order valence-corrected chi connectivity index (χ2v) is 10.7. The highest BCUT2D eigenvalue weighted by molar-refractivity contribution is 7.94. The van der Waals surface area contributed by atoms with Crippen LogP contribution in [0.1, 0.15) is 17.2 Å². The molecule has 0 aliphatic carbocycles. The predicted octanol–water partition coefficient (Wildman–Crippen LogP) is 4.29. The van der Waals surface area contributed by atoms with Crippen LogP contribution >= 0.6 is 0 Å². The van der Waals surface area contributed by atoms with E-state index in [1.807, 2.05) is 0 Å². The average Bonchev–Trinajstić information content (AvgIpc) is 3.55. The zero-order chi connectivity index (χ0) is 26.9. The number of aromatic nitrogens is 3. The molecule has 5 rings (SSSR count). The molecule has 0 fully saturated rings. The molecule has 0 radical (unpaired) electrons. The molecule has 0 saturated heterocycles. The standard InChI is InChI=1S/C27H21F3N4O3S/c28-23-5-3-20(15-25(23)30)19-2-4-22(24(29)14-19)26(34-12-1-9-32-34)27(35)33(16-18-6-10-31-11-7-18)21-8-13-38(36,37)17-21/h1-15,21,26H,16-17H2. The van der Waals surface area contributed by atoms with Crippen molar-refractivity contribution < 1.29 is 26.4 Å². The summed E-state index contributed by atoms with van der Waals surface area (Å²) >= 11 is 0. The van der Waals surface area contributed by atoms with Gasteiger partial charge in [0.1, 0.15) is 5.82 Å². The number of rotatable bonds is 7. The summed E-state index contributed by atoms with van der Waals surface area (Å²) in [6.45, 7) is 0.0538. The summed E-state index contributed by atoms with van der Waals surface area (Å²) in [5, 5.41) is 5.24. The highest BCUT2D eigenvalue weighted by atomic mass is 32.2. The van der Waals surface area contributed by atoms with E-state index < -0.39 is 45.3 Å². The number of pyridine rings is 1. The lowest BCUT2D eigenvalue weighted by Crippen LogP contribution is -2.44. The molecule has 0 saturated carbocycles. The number of halogens is 3. The normalized spacial score (nSPS) is 16.9. The average molecular weight is 539 g/mol. The van der Waals surface area contributed by atoms with Crippen molar-refractivity contribution in [2.24, 2.45) is 0 Å². The van der Waals surface area contributed by atoms with E-state index >= 15 is 4.39 Å². The van der Waals surface area contributed by atoms with Gasteiger partial charge in [-0.15, -0.1) is 0 Å². The molecule has 3 heterocycles. The van der Waals surface area contributed by atoms with Gasteiger partial charge in [0.2, 0.25) is 0 Å². The number of carbonyl (C=O) groups is 1. The molecular formula is C27H21F3N4O3S. The van der Waals surface area contributed by atoms with Crippen molar-refractivity contribution in [3.63, 3.8) is 0 Å². The molecule has 0 spiro atoms. The van der Waals surface area contributed by atoms with Crippen LogP contribution in [0.3, 0.4) is 0 Å². The molecule has 7 nitrogen and oxygen atoms in total. The summed E-state index contributed by atoms with van der Waals surface area (Å²) in [6.07, 6.45) is 7.51. The minimum Gasteiger partial charge on any atom is -0.329 e. The molecule has 2 aromatic heterocycles. The number of amides is 1. The number of benzene rings is 2. The molecule has 2 atom stereocenters. The van der Waals surface area contributed by atoms with Gasteiger partial charge < -0.3 is 4.90 Å². The van der Waals surface area contributed by atoms with Crippen molar-refractivity contribution in [1.29, 1.82) is 0 Å². The Kier molecular flexibility index (Phi) is 6.85. The first-order valence-electron chi connectivity index (χ1n) is 11.6. The summed E-state index contributed by atoms with van der Waals surface area (Å²) in [5.41, 5.74) is 1.24. The highest BCUT2D eigenvalue weighted by Gasteiger charge is 2.36. The zero-order valence-corrected chi connectivity index (χ0v) is 20.6. The molecule has 2 aromatic carbocycles. The van der Waals surface area contributed by atoms with Crippen LogP contribution in [-0.2, 0) is 21.2 Å². The molecule has 4 aromatic rings. The van der Waals surface area contributed by atoms with E-state index in [0.29, 0.717) is 5.56 Å². The van der Waals surface area contributed by atoms with Gasteiger partial charge in [0, 0.05) is 42.3 Å². The van der Waals surface area contributed by atoms with Crippen LogP contribution in [0, 0.1) is 17.5 Å². The quantitative estimate of drug-likeness (QED) is 0.351. The fourth-order valence-corrected chi connectivity index (χ4v) is 5.68. The van der Waals surface area contributed by atoms with Crippen LogP contribution in [0.25, 0.3) is 11.1 Å². The van der Waals surface area contributed by atoms with Crippen LogP contribution in [0.15, 0.2) is 90.9 Å². The lowest BCUT2D eigenvalue weighted by molar-refractivity contribution is -0.135. The Morgan fingerprint density at radius 1 is 0.974 bits per heavy atom.